The molecule has 0 unspecified atom stereocenters. The highest BCUT2D eigenvalue weighted by molar-refractivity contribution is 6.31. The van der Waals surface area contributed by atoms with Gasteiger partial charge in [-0.15, -0.1) is 10.2 Å². The van der Waals surface area contributed by atoms with Gasteiger partial charge in [-0.2, -0.15) is 0 Å². The minimum Gasteiger partial charge on any atom is -0.495 e. The average Bonchev–Trinajstić information content (AvgIpc) is 3.18. The lowest BCUT2D eigenvalue weighted by Gasteiger charge is -2.35. The monoisotopic (exact) mass is 400 g/mol. The molecule has 1 aromatic carbocycles. The SMILES string of the molecule is COc1ccc(Cl)cc1NC(=O)CN1CCN(c2cccc3nncn23)CC1. The van der Waals surface area contributed by atoms with Gasteiger partial charge in [0.1, 0.15) is 17.9 Å². The molecule has 0 bridgehead atoms. The Labute approximate surface area is 167 Å². The summed E-state index contributed by atoms with van der Waals surface area (Å²) in [5.41, 5.74) is 1.41. The predicted octanol–water partition coefficient (Wildman–Crippen LogP) is 2.15. The third-order valence-electron chi connectivity index (χ3n) is 4.81. The molecular weight excluding hydrogens is 380 g/mol. The van der Waals surface area contributed by atoms with Gasteiger partial charge < -0.3 is 15.0 Å². The number of hydrogen-bond donors (Lipinski definition) is 1. The molecule has 0 saturated carbocycles. The molecule has 0 aliphatic carbocycles. The summed E-state index contributed by atoms with van der Waals surface area (Å²) >= 11 is 6.02. The van der Waals surface area contributed by atoms with Crippen molar-refractivity contribution >= 4 is 34.7 Å². The summed E-state index contributed by atoms with van der Waals surface area (Å²) < 4.78 is 7.26. The number of nitrogens with one attached hydrogen (secondary N) is 1. The highest BCUT2D eigenvalue weighted by Crippen LogP contribution is 2.27. The van der Waals surface area contributed by atoms with Gasteiger partial charge in [0.2, 0.25) is 5.91 Å². The van der Waals surface area contributed by atoms with Gasteiger partial charge in [-0.1, -0.05) is 17.7 Å². The van der Waals surface area contributed by atoms with Gasteiger partial charge in [-0.05, 0) is 30.3 Å². The number of fused-ring (bicyclic) bond motifs is 1. The summed E-state index contributed by atoms with van der Waals surface area (Å²) in [6, 6.07) is 11.1. The van der Waals surface area contributed by atoms with E-state index in [9.17, 15) is 4.79 Å². The number of anilines is 2. The van der Waals surface area contributed by atoms with Gasteiger partial charge in [0.25, 0.3) is 0 Å². The summed E-state index contributed by atoms with van der Waals surface area (Å²) in [4.78, 5) is 16.9. The zero-order valence-corrected chi connectivity index (χ0v) is 16.3. The number of ether oxygens (including phenoxy) is 1. The molecule has 3 aromatic rings. The van der Waals surface area contributed by atoms with Crippen molar-refractivity contribution in [2.24, 2.45) is 0 Å². The first-order valence-corrected chi connectivity index (χ1v) is 9.41. The number of piperazine rings is 1. The van der Waals surface area contributed by atoms with E-state index in [0.29, 0.717) is 23.0 Å². The van der Waals surface area contributed by atoms with E-state index in [1.54, 1.807) is 31.6 Å². The van der Waals surface area contributed by atoms with E-state index < -0.39 is 0 Å². The minimum atomic E-state index is -0.0880. The van der Waals surface area contributed by atoms with Crippen LogP contribution < -0.4 is 15.0 Å². The first-order chi connectivity index (χ1) is 13.6. The van der Waals surface area contributed by atoms with Crippen LogP contribution in [0, 0.1) is 0 Å². The lowest BCUT2D eigenvalue weighted by atomic mass is 10.2. The molecule has 0 spiro atoms. The van der Waals surface area contributed by atoms with Gasteiger partial charge in [-0.25, -0.2) is 0 Å². The third-order valence-corrected chi connectivity index (χ3v) is 5.05. The number of hydrogen-bond acceptors (Lipinski definition) is 6. The molecule has 1 saturated heterocycles. The Hall–Kier alpha value is -2.84. The number of methoxy groups -OCH3 is 1. The maximum Gasteiger partial charge on any atom is 0.238 e. The molecule has 3 heterocycles. The van der Waals surface area contributed by atoms with Gasteiger partial charge in [0.05, 0.1) is 19.3 Å². The van der Waals surface area contributed by atoms with E-state index in [-0.39, 0.29) is 5.91 Å². The van der Waals surface area contributed by atoms with Gasteiger partial charge in [-0.3, -0.25) is 14.1 Å². The van der Waals surface area contributed by atoms with Crippen LogP contribution in [0.5, 0.6) is 5.75 Å². The second kappa shape index (κ2) is 8.04. The van der Waals surface area contributed by atoms with Crippen molar-refractivity contribution in [2.75, 3.05) is 50.1 Å². The lowest BCUT2D eigenvalue weighted by molar-refractivity contribution is -0.117. The van der Waals surface area contributed by atoms with Crippen LogP contribution in [0.1, 0.15) is 0 Å². The third kappa shape index (κ3) is 3.88. The minimum absolute atomic E-state index is 0.0880. The quantitative estimate of drug-likeness (QED) is 0.707. The van der Waals surface area contributed by atoms with E-state index in [4.69, 9.17) is 16.3 Å². The Balaban J connectivity index is 1.35. The summed E-state index contributed by atoms with van der Waals surface area (Å²) in [5.74, 6) is 1.56. The summed E-state index contributed by atoms with van der Waals surface area (Å²) in [6.45, 7) is 3.55. The first-order valence-electron chi connectivity index (χ1n) is 9.03. The fraction of sp³-hybridized carbons (Fsp3) is 0.316. The fourth-order valence-electron chi connectivity index (χ4n) is 3.40. The maximum atomic E-state index is 12.5. The van der Waals surface area contributed by atoms with Crippen LogP contribution in [0.15, 0.2) is 42.7 Å². The topological polar surface area (TPSA) is 75.0 Å². The smallest absolute Gasteiger partial charge is 0.238 e. The standard InChI is InChI=1S/C19H21ClN6O2/c1-28-16-6-5-14(20)11-15(16)22-18(27)12-24-7-9-25(10-8-24)19-4-2-3-17-23-21-13-26(17)19/h2-6,11,13H,7-10,12H2,1H3,(H,22,27). The van der Waals surface area contributed by atoms with E-state index >= 15 is 0 Å². The average molecular weight is 401 g/mol. The number of carbonyl (C=O) groups excluding carboxylic acids is 1. The van der Waals surface area contributed by atoms with Gasteiger partial charge in [0, 0.05) is 31.2 Å². The normalized spacial score (nSPS) is 15.0. The molecule has 9 heteroatoms. The summed E-state index contributed by atoms with van der Waals surface area (Å²) in [6.07, 6.45) is 1.73. The van der Waals surface area contributed by atoms with Crippen molar-refractivity contribution in [1.82, 2.24) is 19.5 Å². The molecule has 2 aromatic heterocycles. The molecule has 0 atom stereocenters. The highest BCUT2D eigenvalue weighted by atomic mass is 35.5. The Morgan fingerprint density at radius 2 is 2.04 bits per heavy atom. The maximum absolute atomic E-state index is 12.5. The zero-order chi connectivity index (χ0) is 19.5. The van der Waals surface area contributed by atoms with Crippen LogP contribution in [-0.2, 0) is 4.79 Å². The lowest BCUT2D eigenvalue weighted by Crippen LogP contribution is -2.49. The molecule has 0 radical (unpaired) electrons. The highest BCUT2D eigenvalue weighted by Gasteiger charge is 2.21. The number of aromatic nitrogens is 3. The second-order valence-electron chi connectivity index (χ2n) is 6.60. The zero-order valence-electron chi connectivity index (χ0n) is 15.5. The number of benzene rings is 1. The Morgan fingerprint density at radius 1 is 1.21 bits per heavy atom. The van der Waals surface area contributed by atoms with Crippen molar-refractivity contribution in [1.29, 1.82) is 0 Å². The van der Waals surface area contributed by atoms with Crippen LogP contribution >= 0.6 is 11.6 Å². The van der Waals surface area contributed by atoms with Crippen LogP contribution in [-0.4, -0.2) is 65.2 Å². The van der Waals surface area contributed by atoms with Gasteiger partial charge in [0.15, 0.2) is 5.65 Å². The number of nitrogens with zero attached hydrogens (tertiary/aromatic N) is 5. The predicted molar refractivity (Wildman–Crippen MR) is 108 cm³/mol. The molecule has 4 rings (SSSR count). The summed E-state index contributed by atoms with van der Waals surface area (Å²) in [7, 11) is 1.56. The Kier molecular flexibility index (Phi) is 5.31. The van der Waals surface area contributed by atoms with Crippen LogP contribution in [0.2, 0.25) is 5.02 Å². The number of pyridine rings is 1. The second-order valence-corrected chi connectivity index (χ2v) is 7.04. The molecule has 1 fully saturated rings. The molecule has 1 aliphatic rings. The van der Waals surface area contributed by atoms with Crippen molar-refractivity contribution in [3.8, 4) is 5.75 Å². The van der Waals surface area contributed by atoms with E-state index in [1.165, 1.54) is 0 Å². The molecule has 28 heavy (non-hydrogen) atoms. The molecule has 1 N–H and O–H groups in total. The summed E-state index contributed by atoms with van der Waals surface area (Å²) in [5, 5.41) is 11.5. The first kappa shape index (κ1) is 18.5. The van der Waals surface area contributed by atoms with Gasteiger partial charge >= 0.3 is 0 Å². The molecule has 1 amide bonds. The largest absolute Gasteiger partial charge is 0.495 e. The molecular formula is C19H21ClN6O2. The molecule has 146 valence electrons. The Morgan fingerprint density at radius 3 is 2.82 bits per heavy atom. The van der Waals surface area contributed by atoms with Crippen LogP contribution in [0.4, 0.5) is 11.5 Å². The number of carbonyl (C=O) groups is 1. The van der Waals surface area contributed by atoms with E-state index in [1.807, 2.05) is 16.5 Å². The molecule has 1 aliphatic heterocycles. The van der Waals surface area contributed by atoms with Crippen molar-refractivity contribution in [2.45, 2.75) is 0 Å². The Bertz CT molecular complexity index is 983. The molecule has 8 nitrogen and oxygen atoms in total. The number of rotatable bonds is 5. The van der Waals surface area contributed by atoms with Crippen LogP contribution in [0.3, 0.4) is 0 Å². The van der Waals surface area contributed by atoms with E-state index in [0.717, 1.165) is 37.6 Å². The van der Waals surface area contributed by atoms with Crippen molar-refractivity contribution in [3.05, 3.63) is 47.7 Å². The number of halogens is 1. The fourth-order valence-corrected chi connectivity index (χ4v) is 3.57. The van der Waals surface area contributed by atoms with Crippen LogP contribution in [0.25, 0.3) is 5.65 Å². The van der Waals surface area contributed by atoms with Crippen molar-refractivity contribution in [3.63, 3.8) is 0 Å². The van der Waals surface area contributed by atoms with E-state index in [2.05, 4.69) is 31.4 Å². The van der Waals surface area contributed by atoms with Crippen molar-refractivity contribution < 1.29 is 9.53 Å². The number of amides is 1.